The molecule has 0 fully saturated rings. The number of hydrogen-bond donors (Lipinski definition) is 1. The van der Waals surface area contributed by atoms with Crippen LogP contribution in [0.5, 0.6) is 0 Å². The van der Waals surface area contributed by atoms with Gasteiger partial charge in [0.25, 0.3) is 0 Å². The van der Waals surface area contributed by atoms with E-state index in [1.807, 2.05) is 48.5 Å². The van der Waals surface area contributed by atoms with Crippen LogP contribution in [0.2, 0.25) is 5.02 Å². The third kappa shape index (κ3) is 2.26. The van der Waals surface area contributed by atoms with Crippen molar-refractivity contribution in [2.24, 2.45) is 0 Å². The van der Waals surface area contributed by atoms with Gasteiger partial charge in [-0.3, -0.25) is 0 Å². The lowest BCUT2D eigenvalue weighted by Crippen LogP contribution is -1.95. The molecule has 0 heterocycles. The second-order valence-electron chi connectivity index (χ2n) is 4.56. The van der Waals surface area contributed by atoms with Gasteiger partial charge in [0, 0.05) is 10.6 Å². The largest absolute Gasteiger partial charge is 0.478 e. The average molecular weight is 283 g/mol. The number of halogens is 1. The number of carboxylic acids is 1. The summed E-state index contributed by atoms with van der Waals surface area (Å²) in [6, 6.07) is 18.7. The highest BCUT2D eigenvalue weighted by atomic mass is 35.5. The van der Waals surface area contributed by atoms with Crippen LogP contribution in [0.4, 0.5) is 0 Å². The molecule has 3 rings (SSSR count). The van der Waals surface area contributed by atoms with Gasteiger partial charge in [-0.15, -0.1) is 0 Å². The first-order valence-electron chi connectivity index (χ1n) is 6.17. The molecule has 0 saturated carbocycles. The minimum absolute atomic E-state index is 0.294. The number of fused-ring (bicyclic) bond motifs is 1. The highest BCUT2D eigenvalue weighted by Crippen LogP contribution is 2.30. The summed E-state index contributed by atoms with van der Waals surface area (Å²) in [6.45, 7) is 0. The van der Waals surface area contributed by atoms with Gasteiger partial charge in [-0.2, -0.15) is 0 Å². The Morgan fingerprint density at radius 1 is 0.900 bits per heavy atom. The van der Waals surface area contributed by atoms with E-state index in [-0.39, 0.29) is 0 Å². The fraction of sp³-hybridized carbons (Fsp3) is 0. The Morgan fingerprint density at radius 2 is 1.60 bits per heavy atom. The van der Waals surface area contributed by atoms with Gasteiger partial charge in [0.2, 0.25) is 0 Å². The zero-order valence-corrected chi connectivity index (χ0v) is 11.3. The van der Waals surface area contributed by atoms with Crippen LogP contribution in [0, 0.1) is 0 Å². The monoisotopic (exact) mass is 282 g/mol. The smallest absolute Gasteiger partial charge is 0.335 e. The molecule has 0 aliphatic heterocycles. The van der Waals surface area contributed by atoms with Crippen molar-refractivity contribution in [2.45, 2.75) is 0 Å². The second kappa shape index (κ2) is 4.99. The normalized spacial score (nSPS) is 10.7. The summed E-state index contributed by atoms with van der Waals surface area (Å²) < 4.78 is 0. The fourth-order valence-corrected chi connectivity index (χ4v) is 2.49. The van der Waals surface area contributed by atoms with E-state index in [0.717, 1.165) is 21.9 Å². The minimum atomic E-state index is -0.915. The maximum atomic E-state index is 11.0. The Balaban J connectivity index is 2.15. The molecule has 20 heavy (non-hydrogen) atoms. The predicted molar refractivity (Wildman–Crippen MR) is 81.4 cm³/mol. The topological polar surface area (TPSA) is 37.3 Å². The van der Waals surface area contributed by atoms with Crippen LogP contribution < -0.4 is 0 Å². The highest BCUT2D eigenvalue weighted by molar-refractivity contribution is 6.33. The molecular weight excluding hydrogens is 272 g/mol. The van der Waals surface area contributed by atoms with Gasteiger partial charge in [0.05, 0.1) is 5.56 Å². The zero-order valence-electron chi connectivity index (χ0n) is 10.5. The number of rotatable bonds is 2. The van der Waals surface area contributed by atoms with Gasteiger partial charge in [-0.1, -0.05) is 48.0 Å². The Hall–Kier alpha value is -2.32. The van der Waals surface area contributed by atoms with Crippen LogP contribution >= 0.6 is 11.6 Å². The van der Waals surface area contributed by atoms with E-state index in [2.05, 4.69) is 0 Å². The number of carboxylic acid groups (broad SMARTS) is 1. The van der Waals surface area contributed by atoms with Crippen molar-refractivity contribution in [1.82, 2.24) is 0 Å². The molecule has 2 nitrogen and oxygen atoms in total. The maximum Gasteiger partial charge on any atom is 0.335 e. The predicted octanol–water partition coefficient (Wildman–Crippen LogP) is 4.86. The van der Waals surface area contributed by atoms with Crippen LogP contribution in [0.25, 0.3) is 21.9 Å². The Labute approximate surface area is 121 Å². The van der Waals surface area contributed by atoms with Crippen LogP contribution in [-0.2, 0) is 0 Å². The molecule has 3 aromatic carbocycles. The van der Waals surface area contributed by atoms with Crippen molar-refractivity contribution in [3.8, 4) is 11.1 Å². The van der Waals surface area contributed by atoms with Crippen LogP contribution in [0.3, 0.4) is 0 Å². The lowest BCUT2D eigenvalue weighted by atomic mass is 10.00. The van der Waals surface area contributed by atoms with Crippen molar-refractivity contribution in [2.75, 3.05) is 0 Å². The van der Waals surface area contributed by atoms with Crippen LogP contribution in [0.15, 0.2) is 60.7 Å². The number of carbonyl (C=O) groups is 1. The first-order valence-corrected chi connectivity index (χ1v) is 6.55. The first-order chi connectivity index (χ1) is 9.65. The second-order valence-corrected chi connectivity index (χ2v) is 4.97. The molecule has 0 spiro atoms. The van der Waals surface area contributed by atoms with Crippen molar-refractivity contribution < 1.29 is 9.90 Å². The molecule has 0 unspecified atom stereocenters. The summed E-state index contributed by atoms with van der Waals surface area (Å²) in [4.78, 5) is 11.0. The average Bonchev–Trinajstić information content (AvgIpc) is 2.46. The lowest BCUT2D eigenvalue weighted by Gasteiger charge is -2.06. The van der Waals surface area contributed by atoms with Gasteiger partial charge in [-0.25, -0.2) is 4.79 Å². The van der Waals surface area contributed by atoms with Gasteiger partial charge in [0.15, 0.2) is 0 Å². The molecule has 0 saturated heterocycles. The molecular formula is C17H11ClO2. The molecule has 0 aromatic heterocycles. The van der Waals surface area contributed by atoms with E-state index >= 15 is 0 Å². The Kier molecular flexibility index (Phi) is 3.17. The van der Waals surface area contributed by atoms with Crippen LogP contribution in [-0.4, -0.2) is 11.1 Å². The van der Waals surface area contributed by atoms with E-state index < -0.39 is 5.97 Å². The summed E-state index contributed by atoms with van der Waals surface area (Å²) >= 11 is 6.20. The van der Waals surface area contributed by atoms with E-state index in [9.17, 15) is 4.79 Å². The Morgan fingerprint density at radius 3 is 2.35 bits per heavy atom. The number of aromatic carboxylic acids is 1. The molecule has 0 aliphatic carbocycles. The van der Waals surface area contributed by atoms with E-state index in [1.165, 1.54) is 0 Å². The van der Waals surface area contributed by atoms with Crippen molar-refractivity contribution in [3.63, 3.8) is 0 Å². The molecule has 0 atom stereocenters. The van der Waals surface area contributed by atoms with E-state index in [4.69, 9.17) is 16.7 Å². The lowest BCUT2D eigenvalue weighted by molar-refractivity contribution is 0.0697. The zero-order chi connectivity index (χ0) is 14.1. The van der Waals surface area contributed by atoms with Gasteiger partial charge < -0.3 is 5.11 Å². The van der Waals surface area contributed by atoms with E-state index in [1.54, 1.807) is 12.1 Å². The van der Waals surface area contributed by atoms with Crippen LogP contribution in [0.1, 0.15) is 10.4 Å². The third-order valence-electron chi connectivity index (χ3n) is 3.27. The Bertz CT molecular complexity index is 809. The summed E-state index contributed by atoms with van der Waals surface area (Å²) in [5.41, 5.74) is 2.28. The SMILES string of the molecule is O=C(O)c1ccc2cc(-c3ccccc3Cl)ccc2c1. The standard InChI is InChI=1S/C17H11ClO2/c18-16-4-2-1-3-15(16)13-7-5-12-10-14(17(19)20)8-6-11(12)9-13/h1-10H,(H,19,20). The molecule has 0 aliphatic rings. The van der Waals surface area contributed by atoms with Gasteiger partial charge in [-0.05, 0) is 40.6 Å². The van der Waals surface area contributed by atoms with Gasteiger partial charge >= 0.3 is 5.97 Å². The van der Waals surface area contributed by atoms with Crippen molar-refractivity contribution in [1.29, 1.82) is 0 Å². The minimum Gasteiger partial charge on any atom is -0.478 e. The molecule has 3 aromatic rings. The van der Waals surface area contributed by atoms with E-state index in [0.29, 0.717) is 10.6 Å². The van der Waals surface area contributed by atoms with Crippen molar-refractivity contribution >= 4 is 28.3 Å². The molecule has 1 N–H and O–H groups in total. The molecule has 0 amide bonds. The maximum absolute atomic E-state index is 11.0. The summed E-state index contributed by atoms with van der Waals surface area (Å²) in [5.74, 6) is -0.915. The summed E-state index contributed by atoms with van der Waals surface area (Å²) in [7, 11) is 0. The summed E-state index contributed by atoms with van der Waals surface area (Å²) in [5, 5.41) is 11.6. The highest BCUT2D eigenvalue weighted by Gasteiger charge is 2.06. The van der Waals surface area contributed by atoms with Gasteiger partial charge in [0.1, 0.15) is 0 Å². The fourth-order valence-electron chi connectivity index (χ4n) is 2.24. The molecule has 98 valence electrons. The number of hydrogen-bond acceptors (Lipinski definition) is 1. The summed E-state index contributed by atoms with van der Waals surface area (Å²) in [6.07, 6.45) is 0. The van der Waals surface area contributed by atoms with Crippen molar-refractivity contribution in [3.05, 3.63) is 71.2 Å². The first kappa shape index (κ1) is 12.7. The quantitative estimate of drug-likeness (QED) is 0.729. The molecule has 0 radical (unpaired) electrons. The number of benzene rings is 3. The molecule has 0 bridgehead atoms. The third-order valence-corrected chi connectivity index (χ3v) is 3.60. The molecule has 3 heteroatoms.